The Morgan fingerprint density at radius 1 is 1.15 bits per heavy atom. The predicted molar refractivity (Wildman–Crippen MR) is 96.8 cm³/mol. The van der Waals surface area contributed by atoms with Crippen molar-refractivity contribution in [2.75, 3.05) is 11.1 Å². The molecule has 0 aliphatic rings. The van der Waals surface area contributed by atoms with Crippen molar-refractivity contribution in [1.82, 2.24) is 9.55 Å². The van der Waals surface area contributed by atoms with Crippen LogP contribution < -0.4 is 11.1 Å². The zero-order valence-corrected chi connectivity index (χ0v) is 13.9. The zero-order chi connectivity index (χ0) is 19.0. The molecule has 1 amide bonds. The summed E-state index contributed by atoms with van der Waals surface area (Å²) < 4.78 is 33.2. The second kappa shape index (κ2) is 6.56. The number of nitrogens with two attached hydrogens (primary N) is 1. The molecule has 136 valence electrons. The summed E-state index contributed by atoms with van der Waals surface area (Å²) >= 11 is 0. The number of benzene rings is 2. The second-order valence-electron chi connectivity index (χ2n) is 5.93. The molecule has 2 heterocycles. The third-order valence-electron chi connectivity index (χ3n) is 4.09. The largest absolute Gasteiger partial charge is 0.470 e. The molecule has 4 aromatic rings. The van der Waals surface area contributed by atoms with E-state index in [1.165, 1.54) is 18.6 Å². The number of aromatic nitrogens is 2. The van der Waals surface area contributed by atoms with Gasteiger partial charge < -0.3 is 20.0 Å². The van der Waals surface area contributed by atoms with Crippen LogP contribution >= 0.6 is 0 Å². The first-order valence-electron chi connectivity index (χ1n) is 8.05. The van der Waals surface area contributed by atoms with Crippen LogP contribution in [-0.4, -0.2) is 15.5 Å². The maximum Gasteiger partial charge on any atom is 0.244 e. The van der Waals surface area contributed by atoms with Gasteiger partial charge in [0.25, 0.3) is 0 Å². The number of imidazole rings is 1. The number of carbonyl (C=O) groups is 1. The zero-order valence-electron chi connectivity index (χ0n) is 13.9. The van der Waals surface area contributed by atoms with Gasteiger partial charge in [0, 0.05) is 11.8 Å². The number of para-hydroxylation sites is 2. The summed E-state index contributed by atoms with van der Waals surface area (Å²) in [6.45, 7) is -0.0978. The van der Waals surface area contributed by atoms with Crippen LogP contribution in [-0.2, 0) is 11.3 Å². The fraction of sp³-hybridized carbons (Fsp3) is 0.0526. The van der Waals surface area contributed by atoms with Gasteiger partial charge in [0.05, 0.1) is 22.3 Å². The number of halogens is 2. The maximum absolute atomic E-state index is 13.3. The van der Waals surface area contributed by atoms with Gasteiger partial charge in [-0.3, -0.25) is 4.79 Å². The van der Waals surface area contributed by atoms with Gasteiger partial charge in [-0.05, 0) is 24.3 Å². The molecule has 0 atom stereocenters. The molecule has 2 aromatic carbocycles. The maximum atomic E-state index is 13.3. The Balaban J connectivity index is 1.69. The molecule has 3 N–H and O–H groups in total. The molecular formula is C19H14F2N4O2. The first-order chi connectivity index (χ1) is 13.0. The van der Waals surface area contributed by atoms with Crippen molar-refractivity contribution in [3.05, 3.63) is 66.6 Å². The monoisotopic (exact) mass is 368 g/mol. The molecule has 27 heavy (non-hydrogen) atoms. The number of hydrogen-bond acceptors (Lipinski definition) is 4. The smallest absolute Gasteiger partial charge is 0.244 e. The minimum atomic E-state index is -1.03. The molecule has 8 heteroatoms. The normalized spacial score (nSPS) is 11.0. The number of nitrogens with one attached hydrogen (secondary N) is 1. The molecule has 0 saturated carbocycles. The minimum Gasteiger partial charge on any atom is -0.470 e. The molecule has 0 aliphatic heterocycles. The van der Waals surface area contributed by atoms with E-state index in [0.29, 0.717) is 22.6 Å². The lowest BCUT2D eigenvalue weighted by molar-refractivity contribution is -0.116. The molecule has 0 bridgehead atoms. The van der Waals surface area contributed by atoms with E-state index in [1.807, 2.05) is 24.3 Å². The number of fused-ring (bicyclic) bond motifs is 1. The Labute approximate surface area is 152 Å². The molecule has 2 aromatic heterocycles. The SMILES string of the molecule is Nc1cocc1-c1nc2ccccc2n1CC(=O)Nc1ccc(F)c(F)c1. The standard InChI is InChI=1S/C19H14F2N4O2/c20-13-6-5-11(7-14(13)21)23-18(26)8-25-17-4-2-1-3-16(17)24-19(25)12-9-27-10-15(12)22/h1-7,9-10H,8,22H2,(H,23,26). The highest BCUT2D eigenvalue weighted by molar-refractivity contribution is 5.93. The van der Waals surface area contributed by atoms with Gasteiger partial charge in [0.15, 0.2) is 11.6 Å². The number of amides is 1. The Morgan fingerprint density at radius 2 is 1.96 bits per heavy atom. The number of furan rings is 1. The number of carbonyl (C=O) groups excluding carboxylic acids is 1. The van der Waals surface area contributed by atoms with Crippen LogP contribution in [0, 0.1) is 11.6 Å². The third kappa shape index (κ3) is 3.12. The number of nitrogens with zero attached hydrogens (tertiary/aromatic N) is 2. The van der Waals surface area contributed by atoms with Crippen molar-refractivity contribution in [2.24, 2.45) is 0 Å². The van der Waals surface area contributed by atoms with Gasteiger partial charge in [0.1, 0.15) is 24.9 Å². The average molecular weight is 368 g/mol. The lowest BCUT2D eigenvalue weighted by atomic mass is 10.2. The quantitative estimate of drug-likeness (QED) is 0.574. The molecule has 0 radical (unpaired) electrons. The molecular weight excluding hydrogens is 354 g/mol. The van der Waals surface area contributed by atoms with Gasteiger partial charge in [-0.1, -0.05) is 12.1 Å². The Kier molecular flexibility index (Phi) is 4.08. The van der Waals surface area contributed by atoms with E-state index in [9.17, 15) is 13.6 Å². The van der Waals surface area contributed by atoms with Crippen LogP contribution in [0.25, 0.3) is 22.4 Å². The van der Waals surface area contributed by atoms with E-state index in [4.69, 9.17) is 10.2 Å². The molecule has 4 rings (SSSR count). The molecule has 6 nitrogen and oxygen atoms in total. The Hall–Kier alpha value is -3.68. The van der Waals surface area contributed by atoms with Crippen molar-refractivity contribution in [2.45, 2.75) is 6.54 Å². The van der Waals surface area contributed by atoms with Crippen molar-refractivity contribution in [1.29, 1.82) is 0 Å². The number of nitrogen functional groups attached to an aromatic ring is 1. The summed E-state index contributed by atoms with van der Waals surface area (Å²) in [6, 6.07) is 10.5. The summed E-state index contributed by atoms with van der Waals surface area (Å²) in [6.07, 6.45) is 2.85. The van der Waals surface area contributed by atoms with Gasteiger partial charge in [-0.2, -0.15) is 0 Å². The lowest BCUT2D eigenvalue weighted by Crippen LogP contribution is -2.19. The van der Waals surface area contributed by atoms with Crippen molar-refractivity contribution >= 4 is 28.3 Å². The highest BCUT2D eigenvalue weighted by atomic mass is 19.2. The summed E-state index contributed by atoms with van der Waals surface area (Å²) in [7, 11) is 0. The lowest BCUT2D eigenvalue weighted by Gasteiger charge is -2.10. The van der Waals surface area contributed by atoms with Gasteiger partial charge in [0.2, 0.25) is 5.91 Å². The van der Waals surface area contributed by atoms with Gasteiger partial charge in [-0.25, -0.2) is 13.8 Å². The number of hydrogen-bond donors (Lipinski definition) is 2. The molecule has 0 aliphatic carbocycles. The number of anilines is 2. The van der Waals surface area contributed by atoms with E-state index in [2.05, 4.69) is 10.3 Å². The van der Waals surface area contributed by atoms with Crippen molar-refractivity contribution in [3.8, 4) is 11.4 Å². The van der Waals surface area contributed by atoms with Crippen molar-refractivity contribution in [3.63, 3.8) is 0 Å². The van der Waals surface area contributed by atoms with Crippen LogP contribution in [0.3, 0.4) is 0 Å². The van der Waals surface area contributed by atoms with E-state index >= 15 is 0 Å². The Morgan fingerprint density at radius 3 is 2.70 bits per heavy atom. The van der Waals surface area contributed by atoms with Crippen LogP contribution in [0.5, 0.6) is 0 Å². The fourth-order valence-corrected chi connectivity index (χ4v) is 2.85. The van der Waals surface area contributed by atoms with Gasteiger partial charge in [-0.15, -0.1) is 0 Å². The summed E-state index contributed by atoms with van der Waals surface area (Å²) in [5.74, 6) is -1.96. The molecule has 0 unspecified atom stereocenters. The van der Waals surface area contributed by atoms with Crippen molar-refractivity contribution < 1.29 is 18.0 Å². The van der Waals surface area contributed by atoms with Crippen LogP contribution in [0.4, 0.5) is 20.2 Å². The first kappa shape index (κ1) is 16.8. The van der Waals surface area contributed by atoms with E-state index in [-0.39, 0.29) is 12.2 Å². The Bertz CT molecular complexity index is 1150. The second-order valence-corrected chi connectivity index (χ2v) is 5.93. The van der Waals surface area contributed by atoms with Gasteiger partial charge >= 0.3 is 0 Å². The molecule has 0 saturated heterocycles. The van der Waals surface area contributed by atoms with Crippen LogP contribution in [0.2, 0.25) is 0 Å². The first-order valence-corrected chi connectivity index (χ1v) is 8.05. The molecule has 0 spiro atoms. The highest BCUT2D eigenvalue weighted by Crippen LogP contribution is 2.29. The van der Waals surface area contributed by atoms with Crippen LogP contribution in [0.15, 0.2) is 59.4 Å². The summed E-state index contributed by atoms with van der Waals surface area (Å²) in [5, 5.41) is 2.55. The predicted octanol–water partition coefficient (Wildman–Crippen LogP) is 3.80. The minimum absolute atomic E-state index is 0.0978. The third-order valence-corrected chi connectivity index (χ3v) is 4.09. The van der Waals surface area contributed by atoms with E-state index in [1.54, 1.807) is 4.57 Å². The average Bonchev–Trinajstić information content (AvgIpc) is 3.22. The fourth-order valence-electron chi connectivity index (χ4n) is 2.85. The summed E-state index contributed by atoms with van der Waals surface area (Å²) in [4.78, 5) is 17.0. The van der Waals surface area contributed by atoms with E-state index in [0.717, 1.165) is 17.6 Å². The molecule has 0 fully saturated rings. The van der Waals surface area contributed by atoms with E-state index < -0.39 is 17.5 Å². The summed E-state index contributed by atoms with van der Waals surface area (Å²) in [5.41, 5.74) is 8.46. The highest BCUT2D eigenvalue weighted by Gasteiger charge is 2.18. The number of rotatable bonds is 4. The topological polar surface area (TPSA) is 86.1 Å². The van der Waals surface area contributed by atoms with Crippen LogP contribution in [0.1, 0.15) is 0 Å².